The summed E-state index contributed by atoms with van der Waals surface area (Å²) in [6, 6.07) is 8.44. The van der Waals surface area contributed by atoms with Crippen molar-refractivity contribution in [2.24, 2.45) is 7.05 Å². The number of hydrogen-bond acceptors (Lipinski definition) is 4. The topological polar surface area (TPSA) is 49.2 Å². The Labute approximate surface area is 161 Å². The van der Waals surface area contributed by atoms with Crippen LogP contribution in [0.4, 0.5) is 0 Å². The molecule has 1 saturated heterocycles. The van der Waals surface area contributed by atoms with E-state index in [1.165, 1.54) is 5.57 Å². The fraction of sp³-hybridized carbons (Fsp3) is 0.429. The highest BCUT2D eigenvalue weighted by atomic mass is 16.7. The monoisotopic (exact) mass is 363 g/mol. The lowest BCUT2D eigenvalue weighted by molar-refractivity contribution is 0.00578. The summed E-state index contributed by atoms with van der Waals surface area (Å²) < 4.78 is 14.4. The van der Waals surface area contributed by atoms with Crippen LogP contribution in [0.3, 0.4) is 0 Å². The number of aryl methyl sites for hydroxylation is 1. The first kappa shape index (κ1) is 18.2. The van der Waals surface area contributed by atoms with Gasteiger partial charge in [0.05, 0.1) is 11.2 Å². The van der Waals surface area contributed by atoms with Gasteiger partial charge in [-0.25, -0.2) is 0 Å². The molecule has 1 aromatic carbocycles. The predicted octanol–water partition coefficient (Wildman–Crippen LogP) is 3.38. The van der Waals surface area contributed by atoms with Crippen molar-refractivity contribution in [1.82, 2.24) is 14.8 Å². The van der Waals surface area contributed by atoms with Crippen LogP contribution in [0, 0.1) is 0 Å². The Bertz CT molecular complexity index is 911. The van der Waals surface area contributed by atoms with Crippen molar-refractivity contribution >= 4 is 23.7 Å². The van der Waals surface area contributed by atoms with Crippen LogP contribution in [-0.2, 0) is 16.4 Å². The fourth-order valence-electron chi connectivity index (χ4n) is 3.52. The average molecular weight is 363 g/mol. The third-order valence-corrected chi connectivity index (χ3v) is 5.83. The summed E-state index contributed by atoms with van der Waals surface area (Å²) in [5.41, 5.74) is 3.82. The van der Waals surface area contributed by atoms with Crippen molar-refractivity contribution in [2.45, 2.75) is 51.7 Å². The minimum absolute atomic E-state index is 0.346. The van der Waals surface area contributed by atoms with E-state index in [1.54, 1.807) is 6.33 Å². The number of benzene rings is 1. The second-order valence-corrected chi connectivity index (χ2v) is 8.29. The van der Waals surface area contributed by atoms with Crippen LogP contribution in [0.25, 0.3) is 11.1 Å². The van der Waals surface area contributed by atoms with Crippen molar-refractivity contribution in [3.63, 3.8) is 0 Å². The quantitative estimate of drug-likeness (QED) is 0.785. The Morgan fingerprint density at radius 2 is 1.67 bits per heavy atom. The van der Waals surface area contributed by atoms with Gasteiger partial charge in [0.15, 0.2) is 5.82 Å². The highest BCUT2D eigenvalue weighted by Gasteiger charge is 2.51. The van der Waals surface area contributed by atoms with Crippen LogP contribution >= 0.6 is 0 Å². The molecule has 0 amide bonds. The van der Waals surface area contributed by atoms with Crippen molar-refractivity contribution in [2.75, 3.05) is 0 Å². The Hall–Kier alpha value is -2.18. The van der Waals surface area contributed by atoms with Crippen molar-refractivity contribution in [3.05, 3.63) is 54.1 Å². The van der Waals surface area contributed by atoms with Gasteiger partial charge in [0.2, 0.25) is 0 Å². The van der Waals surface area contributed by atoms with E-state index in [1.807, 2.05) is 11.6 Å². The SMILES string of the molecule is Cn1cnnc1C1=CCCC=C1c1cccc(B2OC(C)(C)C(C)(C)O2)c1. The standard InChI is InChI=1S/C21H26BN3O2/c1-20(2)21(3,4)27-22(26-20)16-10-8-9-15(13-16)17-11-6-7-12-18(17)19-24-23-14-25(19)5/h8-14H,6-7H2,1-5H3. The number of aromatic nitrogens is 3. The molecule has 140 valence electrons. The summed E-state index contributed by atoms with van der Waals surface area (Å²) in [6.07, 6.45) is 8.32. The van der Waals surface area contributed by atoms with E-state index in [0.717, 1.165) is 35.3 Å². The molecule has 4 rings (SSSR count). The van der Waals surface area contributed by atoms with Gasteiger partial charge in [-0.05, 0) is 57.1 Å². The van der Waals surface area contributed by atoms with Gasteiger partial charge in [-0.1, -0.05) is 36.4 Å². The average Bonchev–Trinajstić information content (AvgIpc) is 3.15. The molecule has 0 spiro atoms. The first-order valence-electron chi connectivity index (χ1n) is 9.49. The molecule has 0 radical (unpaired) electrons. The van der Waals surface area contributed by atoms with Crippen LogP contribution in [0.5, 0.6) is 0 Å². The molecule has 5 nitrogen and oxygen atoms in total. The van der Waals surface area contributed by atoms with Crippen LogP contribution in [-0.4, -0.2) is 33.1 Å². The van der Waals surface area contributed by atoms with E-state index in [2.05, 4.69) is 74.3 Å². The highest BCUT2D eigenvalue weighted by Crippen LogP contribution is 2.37. The lowest BCUT2D eigenvalue weighted by atomic mass is 9.77. The molecule has 2 aromatic rings. The first-order chi connectivity index (χ1) is 12.8. The molecule has 1 aliphatic heterocycles. The molecule has 2 heterocycles. The highest BCUT2D eigenvalue weighted by molar-refractivity contribution is 6.62. The Morgan fingerprint density at radius 1 is 1.00 bits per heavy atom. The van der Waals surface area contributed by atoms with Gasteiger partial charge in [-0.3, -0.25) is 0 Å². The molecule has 1 fully saturated rings. The zero-order valence-corrected chi connectivity index (χ0v) is 16.7. The largest absolute Gasteiger partial charge is 0.494 e. The minimum Gasteiger partial charge on any atom is -0.399 e. The van der Waals surface area contributed by atoms with E-state index in [-0.39, 0.29) is 18.3 Å². The number of allylic oxidation sites excluding steroid dienone is 4. The maximum atomic E-state index is 6.23. The summed E-state index contributed by atoms with van der Waals surface area (Å²) in [5, 5.41) is 8.35. The van der Waals surface area contributed by atoms with E-state index in [0.29, 0.717) is 0 Å². The van der Waals surface area contributed by atoms with E-state index in [9.17, 15) is 0 Å². The third-order valence-electron chi connectivity index (χ3n) is 5.83. The van der Waals surface area contributed by atoms with Gasteiger partial charge in [-0.2, -0.15) is 0 Å². The maximum absolute atomic E-state index is 6.23. The summed E-state index contributed by atoms with van der Waals surface area (Å²) >= 11 is 0. The van der Waals surface area contributed by atoms with Gasteiger partial charge in [-0.15, -0.1) is 10.2 Å². The van der Waals surface area contributed by atoms with Gasteiger partial charge >= 0.3 is 7.12 Å². The Balaban J connectivity index is 1.68. The van der Waals surface area contributed by atoms with E-state index < -0.39 is 0 Å². The predicted molar refractivity (Wildman–Crippen MR) is 108 cm³/mol. The summed E-state index contributed by atoms with van der Waals surface area (Å²) in [6.45, 7) is 8.32. The molecule has 0 bridgehead atoms. The molecule has 0 atom stereocenters. The van der Waals surface area contributed by atoms with Crippen LogP contribution in [0.15, 0.2) is 42.7 Å². The Morgan fingerprint density at radius 3 is 2.30 bits per heavy atom. The second-order valence-electron chi connectivity index (χ2n) is 8.29. The molecule has 0 saturated carbocycles. The van der Waals surface area contributed by atoms with Crippen LogP contribution in [0.1, 0.15) is 51.9 Å². The lowest BCUT2D eigenvalue weighted by Gasteiger charge is -2.32. The molecule has 27 heavy (non-hydrogen) atoms. The van der Waals surface area contributed by atoms with Crippen LogP contribution < -0.4 is 5.46 Å². The zero-order valence-electron chi connectivity index (χ0n) is 16.7. The van der Waals surface area contributed by atoms with Crippen molar-refractivity contribution < 1.29 is 9.31 Å². The van der Waals surface area contributed by atoms with E-state index in [4.69, 9.17) is 9.31 Å². The minimum atomic E-state index is -0.360. The molecule has 0 N–H and O–H groups in total. The fourth-order valence-corrected chi connectivity index (χ4v) is 3.52. The maximum Gasteiger partial charge on any atom is 0.494 e. The summed E-state index contributed by atoms with van der Waals surface area (Å²) in [4.78, 5) is 0. The van der Waals surface area contributed by atoms with Gasteiger partial charge in [0, 0.05) is 12.6 Å². The molecule has 2 aliphatic rings. The van der Waals surface area contributed by atoms with Gasteiger partial charge in [0.25, 0.3) is 0 Å². The first-order valence-corrected chi connectivity index (χ1v) is 9.49. The molecular weight excluding hydrogens is 337 g/mol. The summed E-state index contributed by atoms with van der Waals surface area (Å²) in [5.74, 6) is 0.891. The van der Waals surface area contributed by atoms with Gasteiger partial charge in [0.1, 0.15) is 6.33 Å². The smallest absolute Gasteiger partial charge is 0.399 e. The second kappa shape index (κ2) is 6.46. The van der Waals surface area contributed by atoms with Crippen molar-refractivity contribution in [1.29, 1.82) is 0 Å². The number of hydrogen-bond donors (Lipinski definition) is 0. The van der Waals surface area contributed by atoms with E-state index >= 15 is 0 Å². The Kier molecular flexibility index (Phi) is 4.36. The lowest BCUT2D eigenvalue weighted by Crippen LogP contribution is -2.41. The number of rotatable bonds is 3. The number of nitrogens with zero attached hydrogens (tertiary/aromatic N) is 3. The molecule has 0 unspecified atom stereocenters. The molecule has 1 aliphatic carbocycles. The third kappa shape index (κ3) is 3.17. The van der Waals surface area contributed by atoms with Crippen molar-refractivity contribution in [3.8, 4) is 0 Å². The normalized spacial score (nSPS) is 21.1. The molecule has 6 heteroatoms. The molecule has 1 aromatic heterocycles. The van der Waals surface area contributed by atoms with Gasteiger partial charge < -0.3 is 13.9 Å². The summed E-state index contributed by atoms with van der Waals surface area (Å²) in [7, 11) is 1.62. The molecular formula is C21H26BN3O2. The van der Waals surface area contributed by atoms with Crippen LogP contribution in [0.2, 0.25) is 0 Å². The zero-order chi connectivity index (χ0) is 19.2.